The van der Waals surface area contributed by atoms with Gasteiger partial charge in [-0.3, -0.25) is 19.7 Å². The van der Waals surface area contributed by atoms with Crippen LogP contribution in [0.3, 0.4) is 0 Å². The van der Waals surface area contributed by atoms with E-state index in [2.05, 4.69) is 5.32 Å². The Kier molecular flexibility index (Phi) is 11.0. The number of aliphatic hydroxyl groups is 3. The second-order valence-corrected chi connectivity index (χ2v) is 9.61. The Hall–Kier alpha value is -2.62. The zero-order valence-electron chi connectivity index (χ0n) is 20.6. The summed E-state index contributed by atoms with van der Waals surface area (Å²) < 4.78 is 5.60. The standard InChI is InChI=1S/C26H37NO8/c1-15-10-16(2)26(35-24(33)9-7-5-4-6-8-20(29)25(15)34)17(3)21(30)14-19(28)11-18-12-22(31)27-23(32)13-18/h6-10,15,17-20,25-26,28-29,34H,4-5,11-14H2,1-3H3,(H,27,31,32)/b8-6+,9-7+,16-10-. The van der Waals surface area contributed by atoms with Crippen molar-refractivity contribution in [3.8, 4) is 0 Å². The number of Topliss-reactive ketones (excluding diaryl/α,β-unsaturated/α-hetero) is 1. The molecule has 0 aromatic rings. The number of carbonyl (C=O) groups excluding carboxylic acids is 4. The lowest BCUT2D eigenvalue weighted by molar-refractivity contribution is -0.145. The van der Waals surface area contributed by atoms with E-state index >= 15 is 0 Å². The van der Waals surface area contributed by atoms with Crippen LogP contribution >= 0.6 is 0 Å². The molecular weight excluding hydrogens is 454 g/mol. The first kappa shape index (κ1) is 28.6. The van der Waals surface area contributed by atoms with Crippen molar-refractivity contribution in [3.63, 3.8) is 0 Å². The molecule has 0 aliphatic carbocycles. The summed E-state index contributed by atoms with van der Waals surface area (Å²) in [7, 11) is 0. The van der Waals surface area contributed by atoms with Crippen LogP contribution in [0.15, 0.2) is 36.0 Å². The molecule has 2 aliphatic heterocycles. The van der Waals surface area contributed by atoms with Crippen molar-refractivity contribution in [1.29, 1.82) is 0 Å². The minimum absolute atomic E-state index is 0.113. The lowest BCUT2D eigenvalue weighted by Crippen LogP contribution is -2.40. The van der Waals surface area contributed by atoms with Crippen LogP contribution in [-0.4, -0.2) is 63.3 Å². The largest absolute Gasteiger partial charge is 0.454 e. The fraction of sp³-hybridized carbons (Fsp3) is 0.615. The fourth-order valence-electron chi connectivity index (χ4n) is 4.47. The monoisotopic (exact) mass is 491 g/mol. The van der Waals surface area contributed by atoms with Gasteiger partial charge in [0, 0.05) is 31.3 Å². The Morgan fingerprint density at radius 1 is 1.14 bits per heavy atom. The SMILES string of the molecule is C/C1=C/C(C)C(O)C(O)/C=C/CC/C=C/C(=O)OC1C(C)C(=O)CC(O)CC1CC(=O)NC(=O)C1. The number of imide groups is 1. The van der Waals surface area contributed by atoms with Crippen LogP contribution in [0.25, 0.3) is 0 Å². The molecule has 0 radical (unpaired) electrons. The number of aliphatic hydroxyl groups excluding tert-OH is 3. The number of ether oxygens (including phenoxy) is 1. The summed E-state index contributed by atoms with van der Waals surface area (Å²) in [5, 5.41) is 33.3. The first-order chi connectivity index (χ1) is 16.5. The molecule has 6 atom stereocenters. The molecule has 0 saturated carbocycles. The van der Waals surface area contributed by atoms with Crippen molar-refractivity contribution in [3.05, 3.63) is 36.0 Å². The van der Waals surface area contributed by atoms with Crippen LogP contribution in [0.1, 0.15) is 59.3 Å². The average Bonchev–Trinajstić information content (AvgIpc) is 2.76. The number of allylic oxidation sites excluding steroid dienone is 2. The third-order valence-electron chi connectivity index (χ3n) is 6.42. The number of hydrogen-bond donors (Lipinski definition) is 4. The molecule has 2 amide bonds. The number of rotatable bonds is 6. The second kappa shape index (κ2) is 13.5. The van der Waals surface area contributed by atoms with Gasteiger partial charge in [0.1, 0.15) is 11.9 Å². The van der Waals surface area contributed by atoms with Gasteiger partial charge >= 0.3 is 5.97 Å². The molecule has 9 heteroatoms. The molecule has 9 nitrogen and oxygen atoms in total. The average molecular weight is 492 g/mol. The Bertz CT molecular complexity index is 861. The number of nitrogens with one attached hydrogen (secondary N) is 1. The summed E-state index contributed by atoms with van der Waals surface area (Å²) in [6.07, 6.45) is 4.99. The van der Waals surface area contributed by atoms with Gasteiger partial charge in [-0.2, -0.15) is 0 Å². The van der Waals surface area contributed by atoms with Gasteiger partial charge < -0.3 is 20.1 Å². The van der Waals surface area contributed by atoms with Crippen molar-refractivity contribution in [2.45, 2.75) is 83.7 Å². The van der Waals surface area contributed by atoms with Crippen molar-refractivity contribution in [2.75, 3.05) is 0 Å². The predicted octanol–water partition coefficient (Wildman–Crippen LogP) is 1.51. The smallest absolute Gasteiger partial charge is 0.331 e. The molecule has 0 bridgehead atoms. The normalized spacial score (nSPS) is 32.3. The molecular formula is C26H37NO8. The Labute approximate surface area is 205 Å². The van der Waals surface area contributed by atoms with Crippen molar-refractivity contribution >= 4 is 23.6 Å². The molecule has 2 aliphatic rings. The van der Waals surface area contributed by atoms with Gasteiger partial charge in [-0.1, -0.05) is 38.2 Å². The van der Waals surface area contributed by atoms with Crippen molar-refractivity contribution in [1.82, 2.24) is 5.32 Å². The van der Waals surface area contributed by atoms with Gasteiger partial charge in [0.25, 0.3) is 0 Å². The summed E-state index contributed by atoms with van der Waals surface area (Å²) in [5.74, 6) is -3.35. The van der Waals surface area contributed by atoms with E-state index in [9.17, 15) is 34.5 Å². The first-order valence-corrected chi connectivity index (χ1v) is 12.1. The highest BCUT2D eigenvalue weighted by molar-refractivity contribution is 5.97. The number of ketones is 1. The Balaban J connectivity index is 2.15. The lowest BCUT2D eigenvalue weighted by atomic mass is 9.85. The maximum Gasteiger partial charge on any atom is 0.331 e. The van der Waals surface area contributed by atoms with Crippen LogP contribution in [0, 0.1) is 17.8 Å². The lowest BCUT2D eigenvalue weighted by Gasteiger charge is -2.27. The number of cyclic esters (lactones) is 1. The molecule has 1 fully saturated rings. The van der Waals surface area contributed by atoms with Gasteiger partial charge in [0.15, 0.2) is 0 Å². The topological polar surface area (TPSA) is 150 Å². The Morgan fingerprint density at radius 2 is 1.77 bits per heavy atom. The van der Waals surface area contributed by atoms with Crippen LogP contribution in [0.5, 0.6) is 0 Å². The van der Waals surface area contributed by atoms with Crippen LogP contribution < -0.4 is 5.32 Å². The minimum Gasteiger partial charge on any atom is -0.454 e. The number of carbonyl (C=O) groups is 4. The zero-order valence-corrected chi connectivity index (χ0v) is 20.6. The highest BCUT2D eigenvalue weighted by Gasteiger charge is 2.32. The number of hydrogen-bond acceptors (Lipinski definition) is 8. The van der Waals surface area contributed by atoms with Crippen LogP contribution in [0.2, 0.25) is 0 Å². The van der Waals surface area contributed by atoms with Crippen molar-refractivity contribution in [2.24, 2.45) is 17.8 Å². The minimum atomic E-state index is -1.08. The Morgan fingerprint density at radius 3 is 2.43 bits per heavy atom. The van der Waals surface area contributed by atoms with E-state index in [0.717, 1.165) is 0 Å². The molecule has 2 heterocycles. The van der Waals surface area contributed by atoms with Gasteiger partial charge in [-0.15, -0.1) is 0 Å². The number of esters is 1. The number of piperidine rings is 1. The first-order valence-electron chi connectivity index (χ1n) is 12.1. The summed E-state index contributed by atoms with van der Waals surface area (Å²) in [4.78, 5) is 48.5. The van der Waals surface area contributed by atoms with E-state index in [-0.39, 0.29) is 37.4 Å². The molecule has 194 valence electrons. The quantitative estimate of drug-likeness (QED) is 0.248. The molecule has 0 spiro atoms. The molecule has 35 heavy (non-hydrogen) atoms. The molecule has 4 N–H and O–H groups in total. The molecule has 0 aromatic heterocycles. The summed E-state index contributed by atoms with van der Waals surface area (Å²) in [6.45, 7) is 5.01. The van der Waals surface area contributed by atoms with Crippen LogP contribution in [0.4, 0.5) is 0 Å². The second-order valence-electron chi connectivity index (χ2n) is 9.61. The summed E-state index contributed by atoms with van der Waals surface area (Å²) >= 11 is 0. The van der Waals surface area contributed by atoms with Gasteiger partial charge in [0.2, 0.25) is 11.8 Å². The van der Waals surface area contributed by atoms with E-state index < -0.39 is 54.0 Å². The third kappa shape index (κ3) is 9.16. The van der Waals surface area contributed by atoms with Gasteiger partial charge in [0.05, 0.1) is 24.2 Å². The summed E-state index contributed by atoms with van der Waals surface area (Å²) in [6, 6.07) is 0. The molecule has 1 saturated heterocycles. The maximum absolute atomic E-state index is 13.0. The van der Waals surface area contributed by atoms with Gasteiger partial charge in [-0.05, 0) is 37.7 Å². The highest BCUT2D eigenvalue weighted by atomic mass is 16.5. The van der Waals surface area contributed by atoms with E-state index in [4.69, 9.17) is 4.74 Å². The van der Waals surface area contributed by atoms with E-state index in [1.54, 1.807) is 39.0 Å². The van der Waals surface area contributed by atoms with E-state index in [1.165, 1.54) is 12.2 Å². The third-order valence-corrected chi connectivity index (χ3v) is 6.42. The summed E-state index contributed by atoms with van der Waals surface area (Å²) in [5.41, 5.74) is 0.538. The molecule has 2 rings (SSSR count). The number of amides is 2. The van der Waals surface area contributed by atoms with Crippen LogP contribution in [-0.2, 0) is 23.9 Å². The molecule has 0 aromatic carbocycles. The fourth-order valence-corrected chi connectivity index (χ4v) is 4.47. The molecule has 6 unspecified atom stereocenters. The predicted molar refractivity (Wildman–Crippen MR) is 128 cm³/mol. The van der Waals surface area contributed by atoms with E-state index in [0.29, 0.717) is 18.4 Å². The van der Waals surface area contributed by atoms with Gasteiger partial charge in [-0.25, -0.2) is 4.79 Å². The highest BCUT2D eigenvalue weighted by Crippen LogP contribution is 2.25. The maximum atomic E-state index is 13.0. The zero-order chi connectivity index (χ0) is 26.1. The van der Waals surface area contributed by atoms with E-state index in [1.807, 2.05) is 0 Å². The van der Waals surface area contributed by atoms with Crippen molar-refractivity contribution < 1.29 is 39.2 Å².